The molecule has 7 nitrogen and oxygen atoms in total. The summed E-state index contributed by atoms with van der Waals surface area (Å²) in [6, 6.07) is 1.64. The van der Waals surface area contributed by atoms with Crippen LogP contribution >= 0.6 is 0 Å². The average molecular weight is 269 g/mol. The molecular weight excluding hydrogens is 250 g/mol. The van der Waals surface area contributed by atoms with E-state index in [9.17, 15) is 10.1 Å². The number of hydrogen-bond donors (Lipinski definition) is 1. The quantitative estimate of drug-likeness (QED) is 0.336. The molecule has 0 radical (unpaired) electrons. The van der Waals surface area contributed by atoms with E-state index in [4.69, 9.17) is 9.47 Å². The van der Waals surface area contributed by atoms with E-state index in [-0.39, 0.29) is 11.9 Å². The SMILES string of the molecule is COCCCC(Nc1cc(C)ncc1[N+](=O)[O-])OC. The first kappa shape index (κ1) is 15.3. The average Bonchev–Trinajstić information content (AvgIpc) is 2.37. The maximum Gasteiger partial charge on any atom is 0.310 e. The minimum absolute atomic E-state index is 0.0561. The fourth-order valence-corrected chi connectivity index (χ4v) is 1.65. The Morgan fingerprint density at radius 1 is 1.53 bits per heavy atom. The van der Waals surface area contributed by atoms with Crippen molar-refractivity contribution >= 4 is 11.4 Å². The molecule has 1 heterocycles. The predicted octanol–water partition coefficient (Wildman–Crippen LogP) is 2.11. The molecular formula is C12H19N3O4. The van der Waals surface area contributed by atoms with Crippen molar-refractivity contribution in [3.8, 4) is 0 Å². The number of pyridine rings is 1. The maximum absolute atomic E-state index is 10.9. The number of nitrogens with zero attached hydrogens (tertiary/aromatic N) is 2. The molecule has 0 saturated carbocycles. The lowest BCUT2D eigenvalue weighted by Gasteiger charge is -2.18. The van der Waals surface area contributed by atoms with Gasteiger partial charge in [0.2, 0.25) is 0 Å². The van der Waals surface area contributed by atoms with Crippen molar-refractivity contribution in [3.05, 3.63) is 28.1 Å². The summed E-state index contributed by atoms with van der Waals surface area (Å²) < 4.78 is 10.2. The van der Waals surface area contributed by atoms with Crippen molar-refractivity contribution in [3.63, 3.8) is 0 Å². The number of anilines is 1. The van der Waals surface area contributed by atoms with Crippen LogP contribution in [0.5, 0.6) is 0 Å². The second-order valence-corrected chi connectivity index (χ2v) is 4.10. The maximum atomic E-state index is 10.9. The highest BCUT2D eigenvalue weighted by molar-refractivity contribution is 5.60. The Hall–Kier alpha value is -1.73. The first-order valence-corrected chi connectivity index (χ1v) is 5.97. The summed E-state index contributed by atoms with van der Waals surface area (Å²) in [4.78, 5) is 14.4. The third-order valence-corrected chi connectivity index (χ3v) is 2.63. The minimum atomic E-state index is -0.462. The molecule has 0 saturated heterocycles. The molecule has 0 aromatic carbocycles. The fourth-order valence-electron chi connectivity index (χ4n) is 1.65. The molecule has 1 rings (SSSR count). The normalized spacial score (nSPS) is 12.2. The molecule has 1 N–H and O–H groups in total. The van der Waals surface area contributed by atoms with Gasteiger partial charge in [0, 0.05) is 26.5 Å². The summed E-state index contributed by atoms with van der Waals surface area (Å²) in [7, 11) is 3.19. The highest BCUT2D eigenvalue weighted by Gasteiger charge is 2.17. The first-order valence-electron chi connectivity index (χ1n) is 5.97. The van der Waals surface area contributed by atoms with Crippen LogP contribution in [0.2, 0.25) is 0 Å². The van der Waals surface area contributed by atoms with E-state index in [1.165, 1.54) is 6.20 Å². The van der Waals surface area contributed by atoms with Crippen LogP contribution in [0.4, 0.5) is 11.4 Å². The van der Waals surface area contributed by atoms with Gasteiger partial charge in [0.05, 0.1) is 4.92 Å². The molecule has 7 heteroatoms. The number of nitro groups is 1. The van der Waals surface area contributed by atoms with Crippen molar-refractivity contribution in [2.75, 3.05) is 26.1 Å². The summed E-state index contributed by atoms with van der Waals surface area (Å²) in [6.45, 7) is 2.40. The third kappa shape index (κ3) is 4.80. The Morgan fingerprint density at radius 2 is 2.26 bits per heavy atom. The zero-order valence-electron chi connectivity index (χ0n) is 11.4. The molecule has 1 unspecified atom stereocenters. The van der Waals surface area contributed by atoms with Crippen LogP contribution < -0.4 is 5.32 Å². The number of hydrogen-bond acceptors (Lipinski definition) is 6. The molecule has 1 aromatic heterocycles. The van der Waals surface area contributed by atoms with Crippen molar-refractivity contribution in [2.24, 2.45) is 0 Å². The molecule has 1 atom stereocenters. The zero-order chi connectivity index (χ0) is 14.3. The molecule has 0 fully saturated rings. The smallest absolute Gasteiger partial charge is 0.310 e. The Balaban J connectivity index is 2.77. The van der Waals surface area contributed by atoms with Crippen LogP contribution in [0.3, 0.4) is 0 Å². The highest BCUT2D eigenvalue weighted by atomic mass is 16.6. The number of aryl methyl sites for hydroxylation is 1. The molecule has 1 aromatic rings. The van der Waals surface area contributed by atoms with Gasteiger partial charge < -0.3 is 14.8 Å². The molecule has 19 heavy (non-hydrogen) atoms. The highest BCUT2D eigenvalue weighted by Crippen LogP contribution is 2.25. The lowest BCUT2D eigenvalue weighted by Crippen LogP contribution is -2.22. The molecule has 106 valence electrons. The van der Waals surface area contributed by atoms with Gasteiger partial charge in [0.25, 0.3) is 0 Å². The zero-order valence-corrected chi connectivity index (χ0v) is 11.4. The monoisotopic (exact) mass is 269 g/mol. The van der Waals surface area contributed by atoms with Crippen LogP contribution in [-0.4, -0.2) is 37.0 Å². The molecule has 0 aliphatic carbocycles. The molecule has 0 amide bonds. The van der Waals surface area contributed by atoms with Crippen molar-refractivity contribution in [1.29, 1.82) is 0 Å². The van der Waals surface area contributed by atoms with Gasteiger partial charge in [-0.3, -0.25) is 15.1 Å². The van der Waals surface area contributed by atoms with E-state index in [0.717, 1.165) is 6.42 Å². The van der Waals surface area contributed by atoms with Gasteiger partial charge in [0.15, 0.2) is 0 Å². The van der Waals surface area contributed by atoms with Gasteiger partial charge >= 0.3 is 5.69 Å². The number of aromatic nitrogens is 1. The van der Waals surface area contributed by atoms with Crippen molar-refractivity contribution in [1.82, 2.24) is 4.98 Å². The van der Waals surface area contributed by atoms with E-state index < -0.39 is 4.92 Å². The van der Waals surface area contributed by atoms with Gasteiger partial charge in [-0.05, 0) is 25.8 Å². The number of nitrogens with one attached hydrogen (secondary N) is 1. The van der Waals surface area contributed by atoms with E-state index >= 15 is 0 Å². The standard InChI is InChI=1S/C12H19N3O4/c1-9-7-10(11(8-13-9)15(16)17)14-12(19-3)5-4-6-18-2/h7-8,12H,4-6H2,1-3H3,(H,13,14). The van der Waals surface area contributed by atoms with Gasteiger partial charge in [-0.2, -0.15) is 0 Å². The number of methoxy groups -OCH3 is 2. The van der Waals surface area contributed by atoms with E-state index in [0.29, 0.717) is 24.4 Å². The molecule has 0 aliphatic heterocycles. The van der Waals surface area contributed by atoms with E-state index in [1.54, 1.807) is 27.2 Å². The van der Waals surface area contributed by atoms with Crippen molar-refractivity contribution in [2.45, 2.75) is 26.0 Å². The van der Waals surface area contributed by atoms with Crippen LogP contribution in [0.25, 0.3) is 0 Å². The Labute approximate surface area is 112 Å². The Bertz CT molecular complexity index is 425. The summed E-state index contributed by atoms with van der Waals surface area (Å²) in [6.07, 6.45) is 2.46. The fraction of sp³-hybridized carbons (Fsp3) is 0.583. The molecule has 0 spiro atoms. The molecule has 0 bridgehead atoms. The van der Waals surface area contributed by atoms with Crippen LogP contribution in [0.1, 0.15) is 18.5 Å². The van der Waals surface area contributed by atoms with Crippen LogP contribution in [-0.2, 0) is 9.47 Å². The summed E-state index contributed by atoms with van der Waals surface area (Å²) in [5, 5.41) is 13.9. The summed E-state index contributed by atoms with van der Waals surface area (Å²) in [5.74, 6) is 0. The third-order valence-electron chi connectivity index (χ3n) is 2.63. The summed E-state index contributed by atoms with van der Waals surface area (Å²) >= 11 is 0. The van der Waals surface area contributed by atoms with Gasteiger partial charge in [-0.15, -0.1) is 0 Å². The van der Waals surface area contributed by atoms with Gasteiger partial charge in [-0.1, -0.05) is 0 Å². The topological polar surface area (TPSA) is 86.5 Å². The Morgan fingerprint density at radius 3 is 2.84 bits per heavy atom. The van der Waals surface area contributed by atoms with Gasteiger partial charge in [0.1, 0.15) is 18.1 Å². The second kappa shape index (κ2) is 7.65. The van der Waals surface area contributed by atoms with E-state index in [2.05, 4.69) is 10.3 Å². The van der Waals surface area contributed by atoms with Crippen molar-refractivity contribution < 1.29 is 14.4 Å². The number of rotatable bonds is 8. The molecule has 0 aliphatic rings. The minimum Gasteiger partial charge on any atom is -0.385 e. The lowest BCUT2D eigenvalue weighted by atomic mass is 10.2. The predicted molar refractivity (Wildman–Crippen MR) is 71.2 cm³/mol. The van der Waals surface area contributed by atoms with Crippen LogP contribution in [0.15, 0.2) is 12.3 Å². The first-order chi connectivity index (χ1) is 9.08. The Kier molecular flexibility index (Phi) is 6.17. The van der Waals surface area contributed by atoms with E-state index in [1.807, 2.05) is 0 Å². The second-order valence-electron chi connectivity index (χ2n) is 4.10. The van der Waals surface area contributed by atoms with Gasteiger partial charge in [-0.25, -0.2) is 0 Å². The largest absolute Gasteiger partial charge is 0.385 e. The lowest BCUT2D eigenvalue weighted by molar-refractivity contribution is -0.384. The summed E-state index contributed by atoms with van der Waals surface area (Å²) in [5.41, 5.74) is 1.07. The number of ether oxygens (including phenoxy) is 2. The van der Waals surface area contributed by atoms with Crippen LogP contribution in [0, 0.1) is 17.0 Å².